The van der Waals surface area contributed by atoms with Gasteiger partial charge in [0.1, 0.15) is 0 Å². The van der Waals surface area contributed by atoms with Crippen LogP contribution in [0.15, 0.2) is 11.6 Å². The monoisotopic (exact) mass is 372 g/mol. The third-order valence-electron chi connectivity index (χ3n) is 10.3. The van der Waals surface area contributed by atoms with Crippen LogP contribution in [0.1, 0.15) is 93.4 Å². The first-order valence-electron chi connectivity index (χ1n) is 11.2. The van der Waals surface area contributed by atoms with E-state index >= 15 is 0 Å². The van der Waals surface area contributed by atoms with Crippen LogP contribution in [-0.2, 0) is 4.79 Å². The van der Waals surface area contributed by atoms with E-state index in [2.05, 4.69) is 54.5 Å². The molecule has 3 fully saturated rings. The highest BCUT2D eigenvalue weighted by atomic mass is 16.3. The standard InChI is InChI=1S/C25H40O2/c1-21(2)12-13-24(6)16(15-21)14-17(26)20-23(5)10-9-19(27)22(3,4)18(23)8-11-25(20,24)7/h14,18-20,27H,8-13,15H2,1-7H3/t18-,19-,20+,23-,24+,25+/m0/s1. The number of aliphatic hydroxyl groups is 1. The average molecular weight is 373 g/mol. The van der Waals surface area contributed by atoms with Crippen LogP contribution in [0.25, 0.3) is 0 Å². The molecule has 0 heterocycles. The lowest BCUT2D eigenvalue weighted by Gasteiger charge is -2.69. The molecule has 2 heteroatoms. The van der Waals surface area contributed by atoms with E-state index in [0.29, 0.717) is 17.1 Å². The SMILES string of the molecule is CC1(C)CC[C@]2(C)C(=CC(=O)[C@@H]3[C@@]4(C)CC[C@H](O)C(C)(C)[C@@H]4CC[C@]32C)C1. The Morgan fingerprint density at radius 3 is 2.26 bits per heavy atom. The van der Waals surface area contributed by atoms with E-state index in [0.717, 1.165) is 32.1 Å². The zero-order valence-electron chi connectivity index (χ0n) is 18.6. The summed E-state index contributed by atoms with van der Waals surface area (Å²) in [6, 6.07) is 0. The summed E-state index contributed by atoms with van der Waals surface area (Å²) in [7, 11) is 0. The lowest BCUT2D eigenvalue weighted by atomic mass is 9.35. The molecule has 4 rings (SSSR count). The van der Waals surface area contributed by atoms with Crippen molar-refractivity contribution in [2.24, 2.45) is 38.9 Å². The Morgan fingerprint density at radius 1 is 0.926 bits per heavy atom. The number of aliphatic hydroxyl groups excluding tert-OH is 1. The second-order valence-electron chi connectivity index (χ2n) is 12.6. The Labute approximate surface area is 166 Å². The third-order valence-corrected chi connectivity index (χ3v) is 10.3. The Kier molecular flexibility index (Phi) is 4.00. The Balaban J connectivity index is 1.83. The fraction of sp³-hybridized carbons (Fsp3) is 0.880. The summed E-state index contributed by atoms with van der Waals surface area (Å²) in [6.45, 7) is 16.5. The van der Waals surface area contributed by atoms with Gasteiger partial charge in [-0.1, -0.05) is 54.0 Å². The summed E-state index contributed by atoms with van der Waals surface area (Å²) < 4.78 is 0. The Morgan fingerprint density at radius 2 is 1.59 bits per heavy atom. The Bertz CT molecular complexity index is 701. The molecule has 0 unspecified atom stereocenters. The van der Waals surface area contributed by atoms with Gasteiger partial charge in [-0.15, -0.1) is 0 Å². The van der Waals surface area contributed by atoms with E-state index in [-0.39, 0.29) is 33.7 Å². The second-order valence-corrected chi connectivity index (χ2v) is 12.6. The molecule has 4 aliphatic rings. The molecule has 2 nitrogen and oxygen atoms in total. The molecule has 1 N–H and O–H groups in total. The largest absolute Gasteiger partial charge is 0.393 e. The highest BCUT2D eigenvalue weighted by molar-refractivity contribution is 5.95. The van der Waals surface area contributed by atoms with Crippen molar-refractivity contribution in [1.29, 1.82) is 0 Å². The maximum Gasteiger partial charge on any atom is 0.159 e. The van der Waals surface area contributed by atoms with E-state index in [9.17, 15) is 9.90 Å². The van der Waals surface area contributed by atoms with Gasteiger partial charge in [0.25, 0.3) is 0 Å². The number of carbonyl (C=O) groups is 1. The number of rotatable bonds is 0. The highest BCUT2D eigenvalue weighted by Gasteiger charge is 2.68. The predicted octanol–water partition coefficient (Wildman–Crippen LogP) is 5.93. The molecule has 27 heavy (non-hydrogen) atoms. The van der Waals surface area contributed by atoms with E-state index in [1.54, 1.807) is 0 Å². The molecule has 0 aromatic rings. The average Bonchev–Trinajstić information content (AvgIpc) is 2.53. The fourth-order valence-electron chi connectivity index (χ4n) is 8.34. The topological polar surface area (TPSA) is 37.3 Å². The lowest BCUT2D eigenvalue weighted by Crippen LogP contribution is -2.65. The molecule has 4 aliphatic carbocycles. The maximum atomic E-state index is 13.7. The molecule has 0 radical (unpaired) electrons. The van der Waals surface area contributed by atoms with Gasteiger partial charge in [-0.05, 0) is 84.0 Å². The minimum atomic E-state index is -0.240. The van der Waals surface area contributed by atoms with Crippen molar-refractivity contribution in [1.82, 2.24) is 0 Å². The summed E-state index contributed by atoms with van der Waals surface area (Å²) in [5.41, 5.74) is 1.84. The summed E-state index contributed by atoms with van der Waals surface area (Å²) >= 11 is 0. The third kappa shape index (κ3) is 2.38. The quantitative estimate of drug-likeness (QED) is 0.572. The van der Waals surface area contributed by atoms with Gasteiger partial charge in [0.2, 0.25) is 0 Å². The van der Waals surface area contributed by atoms with Gasteiger partial charge in [0.05, 0.1) is 6.10 Å². The maximum absolute atomic E-state index is 13.7. The predicted molar refractivity (Wildman–Crippen MR) is 110 cm³/mol. The number of allylic oxidation sites excluding steroid dienone is 2. The van der Waals surface area contributed by atoms with Crippen molar-refractivity contribution in [2.45, 2.75) is 99.5 Å². The molecule has 0 amide bonds. The van der Waals surface area contributed by atoms with Gasteiger partial charge >= 0.3 is 0 Å². The van der Waals surface area contributed by atoms with Crippen LogP contribution < -0.4 is 0 Å². The zero-order chi connectivity index (χ0) is 20.0. The number of hydrogen-bond acceptors (Lipinski definition) is 2. The fourth-order valence-corrected chi connectivity index (χ4v) is 8.34. The van der Waals surface area contributed by atoms with Crippen molar-refractivity contribution < 1.29 is 9.90 Å². The molecule has 0 bridgehead atoms. The van der Waals surface area contributed by atoms with Gasteiger partial charge in [-0.2, -0.15) is 0 Å². The van der Waals surface area contributed by atoms with Crippen LogP contribution in [0.2, 0.25) is 0 Å². The van der Waals surface area contributed by atoms with Gasteiger partial charge in [-0.25, -0.2) is 0 Å². The van der Waals surface area contributed by atoms with E-state index in [1.165, 1.54) is 18.4 Å². The molecule has 0 spiro atoms. The number of ketones is 1. The molecule has 0 aromatic heterocycles. The van der Waals surface area contributed by atoms with Crippen LogP contribution in [0.3, 0.4) is 0 Å². The molecule has 0 saturated heterocycles. The number of hydrogen-bond donors (Lipinski definition) is 1. The van der Waals surface area contributed by atoms with Crippen LogP contribution in [0.4, 0.5) is 0 Å². The smallest absolute Gasteiger partial charge is 0.159 e. The molecular weight excluding hydrogens is 332 g/mol. The first-order valence-corrected chi connectivity index (χ1v) is 11.2. The minimum absolute atomic E-state index is 0.00478. The summed E-state index contributed by atoms with van der Waals surface area (Å²) in [4.78, 5) is 13.7. The second kappa shape index (κ2) is 5.49. The first-order chi connectivity index (χ1) is 12.3. The Hall–Kier alpha value is -0.630. The summed E-state index contributed by atoms with van der Waals surface area (Å²) in [5.74, 6) is 0.918. The van der Waals surface area contributed by atoms with Crippen molar-refractivity contribution in [3.8, 4) is 0 Å². The molecule has 0 aliphatic heterocycles. The normalized spacial score (nSPS) is 50.9. The first kappa shape index (κ1) is 19.7. The van der Waals surface area contributed by atoms with Crippen LogP contribution in [0.5, 0.6) is 0 Å². The van der Waals surface area contributed by atoms with Crippen molar-refractivity contribution in [2.75, 3.05) is 0 Å². The van der Waals surface area contributed by atoms with E-state index in [1.807, 2.05) is 0 Å². The molecule has 6 atom stereocenters. The van der Waals surface area contributed by atoms with Crippen molar-refractivity contribution in [3.63, 3.8) is 0 Å². The molecule has 0 aromatic carbocycles. The number of carbonyl (C=O) groups excluding carboxylic acids is 1. The van der Waals surface area contributed by atoms with Crippen LogP contribution in [0, 0.1) is 38.9 Å². The van der Waals surface area contributed by atoms with Crippen molar-refractivity contribution in [3.05, 3.63) is 11.6 Å². The zero-order valence-corrected chi connectivity index (χ0v) is 18.6. The van der Waals surface area contributed by atoms with Crippen molar-refractivity contribution >= 4 is 5.78 Å². The number of fused-ring (bicyclic) bond motifs is 5. The summed E-state index contributed by atoms with van der Waals surface area (Å²) in [6.07, 6.45) is 9.46. The van der Waals surface area contributed by atoms with Gasteiger partial charge in [0, 0.05) is 5.92 Å². The minimum Gasteiger partial charge on any atom is -0.393 e. The van der Waals surface area contributed by atoms with Crippen LogP contribution >= 0.6 is 0 Å². The molecule has 3 saturated carbocycles. The molecule has 152 valence electrons. The van der Waals surface area contributed by atoms with E-state index < -0.39 is 0 Å². The lowest BCUT2D eigenvalue weighted by molar-refractivity contribution is -0.198. The van der Waals surface area contributed by atoms with Gasteiger partial charge < -0.3 is 5.11 Å². The highest BCUT2D eigenvalue weighted by Crippen LogP contribution is 2.72. The molecular formula is C25H40O2. The van der Waals surface area contributed by atoms with E-state index in [4.69, 9.17) is 0 Å². The van der Waals surface area contributed by atoms with Crippen LogP contribution in [-0.4, -0.2) is 17.0 Å². The van der Waals surface area contributed by atoms with Gasteiger partial charge in [-0.3, -0.25) is 4.79 Å². The van der Waals surface area contributed by atoms with Gasteiger partial charge in [0.15, 0.2) is 5.78 Å². The summed E-state index contributed by atoms with van der Waals surface area (Å²) in [5, 5.41) is 10.7.